The van der Waals surface area contributed by atoms with Crippen LogP contribution in [-0.2, 0) is 29.8 Å². The number of nitrogens with zero attached hydrogens (tertiary/aromatic N) is 7. The maximum Gasteiger partial charge on any atom is 0.293 e. The van der Waals surface area contributed by atoms with Crippen LogP contribution >= 0.6 is 0 Å². The fraction of sp³-hybridized carbons (Fsp3) is 0.421. The molecule has 0 radical (unpaired) electrons. The van der Waals surface area contributed by atoms with Gasteiger partial charge < -0.3 is 30.1 Å². The van der Waals surface area contributed by atoms with Gasteiger partial charge in [0.2, 0.25) is 11.8 Å². The van der Waals surface area contributed by atoms with Crippen LogP contribution in [0.5, 0.6) is 0 Å². The summed E-state index contributed by atoms with van der Waals surface area (Å²) in [6, 6.07) is 19.2. The molecule has 1 atom stereocenters. The molecule has 0 spiro atoms. The van der Waals surface area contributed by atoms with Crippen molar-refractivity contribution in [2.24, 2.45) is 17.9 Å². The molecule has 2 saturated heterocycles. The third-order valence-electron chi connectivity index (χ3n) is 15.4. The number of hydrogen-bond acceptors (Lipinski definition) is 12. The molecular weight excluding hydrogens is 940 g/mol. The van der Waals surface area contributed by atoms with Crippen LogP contribution in [-0.4, -0.2) is 97.0 Å². The number of rotatable bonds is 17. The first-order valence-corrected chi connectivity index (χ1v) is 25.8. The summed E-state index contributed by atoms with van der Waals surface area (Å²) >= 11 is 0. The third-order valence-corrected chi connectivity index (χ3v) is 15.4. The van der Waals surface area contributed by atoms with Crippen molar-refractivity contribution >= 4 is 51.5 Å². The average Bonchev–Trinajstić information content (AvgIpc) is 4.17. The number of halogens is 1. The number of aliphatic hydroxyl groups excluding tert-OH is 1. The highest BCUT2D eigenvalue weighted by Gasteiger charge is 2.40. The van der Waals surface area contributed by atoms with Gasteiger partial charge in [-0.3, -0.25) is 38.8 Å². The fourth-order valence-corrected chi connectivity index (χ4v) is 11.4. The molecule has 0 bridgehead atoms. The number of aromatic nitrogens is 4. The summed E-state index contributed by atoms with van der Waals surface area (Å²) < 4.78 is 18.2. The first-order chi connectivity index (χ1) is 35.5. The van der Waals surface area contributed by atoms with Crippen molar-refractivity contribution in [2.45, 2.75) is 97.8 Å². The first-order valence-electron chi connectivity index (χ1n) is 25.8. The molecule has 3 fully saturated rings. The Morgan fingerprint density at radius 3 is 2.35 bits per heavy atom. The zero-order valence-corrected chi connectivity index (χ0v) is 42.8. The van der Waals surface area contributed by atoms with E-state index in [4.69, 9.17) is 4.98 Å². The predicted molar refractivity (Wildman–Crippen MR) is 284 cm³/mol. The van der Waals surface area contributed by atoms with E-state index in [2.05, 4.69) is 58.4 Å². The maximum atomic E-state index is 15.4. The van der Waals surface area contributed by atoms with Crippen LogP contribution in [0.2, 0.25) is 0 Å². The lowest BCUT2D eigenvalue weighted by atomic mass is 9.72. The Bertz CT molecular complexity index is 3280. The molecule has 16 nitrogen and oxygen atoms in total. The summed E-state index contributed by atoms with van der Waals surface area (Å²) in [7, 11) is 1.62. The molecule has 3 aromatic heterocycles. The van der Waals surface area contributed by atoms with Gasteiger partial charge in [0.25, 0.3) is 17.0 Å². The molecule has 1 aliphatic carbocycles. The summed E-state index contributed by atoms with van der Waals surface area (Å²) in [6.07, 6.45) is 10.6. The number of pyridine rings is 2. The Balaban J connectivity index is 0.718. The molecular formula is C57H65FN10O6. The average molecular weight is 1010 g/mol. The molecule has 4 aliphatic rings. The predicted octanol–water partition coefficient (Wildman–Crippen LogP) is 7.62. The van der Waals surface area contributed by atoms with Crippen molar-refractivity contribution in [3.05, 3.63) is 134 Å². The number of carbonyl (C=O) groups is 3. The zero-order chi connectivity index (χ0) is 52.1. The number of nitrogens with one attached hydrogen (secondary N) is 3. The number of hydrogen-bond donors (Lipinski definition) is 4. The Labute approximate surface area is 429 Å². The van der Waals surface area contributed by atoms with Crippen molar-refractivity contribution in [3.63, 3.8) is 0 Å². The number of benzene rings is 3. The van der Waals surface area contributed by atoms with E-state index >= 15 is 4.39 Å². The van der Waals surface area contributed by atoms with Crippen LogP contribution in [0, 0.1) is 16.6 Å². The molecule has 3 aliphatic heterocycles. The molecule has 386 valence electrons. The number of aliphatic hydroxyl groups is 1. The van der Waals surface area contributed by atoms with Gasteiger partial charge >= 0.3 is 0 Å². The van der Waals surface area contributed by atoms with Crippen LogP contribution in [0.4, 0.5) is 27.4 Å². The van der Waals surface area contributed by atoms with Crippen LogP contribution in [0.15, 0.2) is 94.9 Å². The number of piperidine rings is 1. The summed E-state index contributed by atoms with van der Waals surface area (Å²) in [4.78, 5) is 80.7. The molecule has 3 amide bonds. The minimum atomic E-state index is -0.641. The maximum absolute atomic E-state index is 15.4. The lowest BCUT2D eigenvalue weighted by Gasteiger charge is -2.39. The van der Waals surface area contributed by atoms with Crippen molar-refractivity contribution in [1.29, 1.82) is 0 Å². The van der Waals surface area contributed by atoms with Crippen molar-refractivity contribution in [3.8, 4) is 16.9 Å². The highest BCUT2D eigenvalue weighted by molar-refractivity contribution is 6.06. The number of imide groups is 1. The van der Waals surface area contributed by atoms with Gasteiger partial charge in [-0.05, 0) is 115 Å². The Morgan fingerprint density at radius 2 is 1.62 bits per heavy atom. The second-order valence-corrected chi connectivity index (χ2v) is 22.1. The lowest BCUT2D eigenvalue weighted by Crippen LogP contribution is -2.52. The molecule has 1 unspecified atom stereocenters. The van der Waals surface area contributed by atoms with E-state index in [9.17, 15) is 29.1 Å². The largest absolute Gasteiger partial charge is 0.392 e. The quantitative estimate of drug-likeness (QED) is 0.0657. The highest BCUT2D eigenvalue weighted by atomic mass is 19.1. The van der Waals surface area contributed by atoms with E-state index < -0.39 is 29.9 Å². The van der Waals surface area contributed by atoms with E-state index in [1.807, 2.05) is 36.4 Å². The molecule has 10 rings (SSSR count). The van der Waals surface area contributed by atoms with Gasteiger partial charge in [0, 0.05) is 93.1 Å². The Hall–Kier alpha value is -7.24. The van der Waals surface area contributed by atoms with Gasteiger partial charge in [0.05, 0.1) is 35.3 Å². The molecule has 4 N–H and O–H groups in total. The number of piperazine rings is 1. The minimum Gasteiger partial charge on any atom is -0.392 e. The van der Waals surface area contributed by atoms with Crippen molar-refractivity contribution < 1.29 is 23.9 Å². The fourth-order valence-electron chi connectivity index (χ4n) is 11.4. The summed E-state index contributed by atoms with van der Waals surface area (Å²) in [5, 5.41) is 20.4. The lowest BCUT2D eigenvalue weighted by molar-refractivity contribution is -0.136. The summed E-state index contributed by atoms with van der Waals surface area (Å²) in [6.45, 7) is 14.5. The smallest absolute Gasteiger partial charge is 0.293 e. The van der Waals surface area contributed by atoms with Gasteiger partial charge in [0.15, 0.2) is 5.82 Å². The van der Waals surface area contributed by atoms with Gasteiger partial charge in [-0.15, -0.1) is 0 Å². The van der Waals surface area contributed by atoms with Crippen LogP contribution in [0.1, 0.15) is 106 Å². The first kappa shape index (κ1) is 50.3. The van der Waals surface area contributed by atoms with Gasteiger partial charge in [-0.1, -0.05) is 52.0 Å². The number of amides is 3. The molecule has 74 heavy (non-hydrogen) atoms. The van der Waals surface area contributed by atoms with Gasteiger partial charge in [0.1, 0.15) is 17.7 Å². The van der Waals surface area contributed by atoms with E-state index in [1.165, 1.54) is 15.2 Å². The molecule has 1 saturated carbocycles. The van der Waals surface area contributed by atoms with Gasteiger partial charge in [-0.2, -0.15) is 0 Å². The Morgan fingerprint density at radius 1 is 0.865 bits per heavy atom. The summed E-state index contributed by atoms with van der Waals surface area (Å²) in [5.74, 6) is -0.611. The second kappa shape index (κ2) is 20.2. The standard InChI is InChI=1S/C57H65FN10O6/c1-56(2,19-21-59-44-10-6-9-40-41(44)31-68(53(40)72)47-15-17-49(70)63-52(47)71)34-57(3,4)20-23-65-24-26-66(27-25-65)38-14-16-48(60-30-38)62-51-55(74)64(5)32-45(61-51)39-8-7-11-46(42(39)33-69)67-22-18-36-28-37(35-12-13-35)29-43(58)50(36)54(67)73/h6-11,14,16,18,22,28-30,32,35,47,59,69H,12-13,15,17,19-21,23-27,31,33-34H2,1-5H3,(H,60,61,62)(H,63,70,71). The number of anilines is 4. The number of aryl methyl sites for hydroxylation is 1. The Kier molecular flexibility index (Phi) is 13.8. The van der Waals surface area contributed by atoms with E-state index in [0.29, 0.717) is 58.2 Å². The third kappa shape index (κ3) is 10.4. The molecule has 17 heteroatoms. The van der Waals surface area contributed by atoms with Gasteiger partial charge in [-0.25, -0.2) is 14.4 Å². The van der Waals surface area contributed by atoms with Crippen LogP contribution in [0.25, 0.3) is 27.7 Å². The molecule has 6 aromatic rings. The van der Waals surface area contributed by atoms with Crippen LogP contribution in [0.3, 0.4) is 0 Å². The van der Waals surface area contributed by atoms with Crippen LogP contribution < -0.4 is 32.0 Å². The normalized spacial score (nSPS) is 17.5. The number of fused-ring (bicyclic) bond motifs is 2. The SMILES string of the molecule is Cn1cc(-c2cccc(-n3ccc4cc(C5CC5)cc(F)c4c3=O)c2CO)nc(Nc2ccc(N3CCN(CCC(C)(C)CC(C)(C)CCNc4cccc5c4CN(C4CCC(=O)NC4=O)C5=O)CC3)cn2)c1=O. The minimum absolute atomic E-state index is 0.00722. The molecule has 6 heterocycles. The second-order valence-electron chi connectivity index (χ2n) is 22.1. The van der Waals surface area contributed by atoms with E-state index in [-0.39, 0.29) is 45.8 Å². The zero-order valence-electron chi connectivity index (χ0n) is 42.8. The topological polar surface area (TPSA) is 187 Å². The van der Waals surface area contributed by atoms with Crippen molar-refractivity contribution in [2.75, 3.05) is 54.8 Å². The number of carbonyl (C=O) groups excluding carboxylic acids is 3. The summed E-state index contributed by atoms with van der Waals surface area (Å²) in [5.41, 5.74) is 5.25. The van der Waals surface area contributed by atoms with E-state index in [0.717, 1.165) is 93.9 Å². The monoisotopic (exact) mass is 1000 g/mol. The highest BCUT2D eigenvalue weighted by Crippen LogP contribution is 2.42. The van der Waals surface area contributed by atoms with E-state index in [1.54, 1.807) is 54.8 Å². The molecule has 3 aromatic carbocycles. The van der Waals surface area contributed by atoms with Crippen molar-refractivity contribution in [1.82, 2.24) is 34.2 Å².